The van der Waals surface area contributed by atoms with Crippen LogP contribution in [0.15, 0.2) is 23.1 Å². The molecule has 1 heterocycles. The lowest BCUT2D eigenvalue weighted by molar-refractivity contribution is -0.135. The molecule has 0 atom stereocenters. The molecule has 1 aromatic rings. The number of nitrogens with zero attached hydrogens (tertiary/aromatic N) is 2. The van der Waals surface area contributed by atoms with Gasteiger partial charge in [0.15, 0.2) is 0 Å². The summed E-state index contributed by atoms with van der Waals surface area (Å²) in [6.45, 7) is 4.94. The summed E-state index contributed by atoms with van der Waals surface area (Å²) in [5.41, 5.74) is 0.237. The van der Waals surface area contributed by atoms with Gasteiger partial charge in [0.05, 0.1) is 5.02 Å². The predicted molar refractivity (Wildman–Crippen MR) is 104 cm³/mol. The molecule has 0 unspecified atom stereocenters. The minimum Gasteiger partial charge on any atom is -0.349 e. The zero-order valence-corrected chi connectivity index (χ0v) is 17.6. The molecule has 1 saturated heterocycles. The minimum atomic E-state index is -3.74. The van der Waals surface area contributed by atoms with E-state index in [-0.39, 0.29) is 39.3 Å². The zero-order chi connectivity index (χ0) is 20.4. The molecule has 0 saturated carbocycles. The number of hydrogen-bond donors (Lipinski definition) is 1. The quantitative estimate of drug-likeness (QED) is 0.796. The number of benzene rings is 1. The Balaban J connectivity index is 2.07. The van der Waals surface area contributed by atoms with Crippen LogP contribution in [0.3, 0.4) is 0 Å². The molecular formula is C18H26ClN3O4S. The van der Waals surface area contributed by atoms with Gasteiger partial charge in [0.25, 0.3) is 5.91 Å². The highest BCUT2D eigenvalue weighted by Gasteiger charge is 2.26. The van der Waals surface area contributed by atoms with Crippen molar-refractivity contribution in [1.82, 2.24) is 14.5 Å². The minimum absolute atomic E-state index is 0.0396. The molecule has 0 bridgehead atoms. The Morgan fingerprint density at radius 1 is 1.22 bits per heavy atom. The molecule has 0 radical (unpaired) electrons. The van der Waals surface area contributed by atoms with Crippen molar-refractivity contribution in [2.24, 2.45) is 5.92 Å². The molecule has 27 heavy (non-hydrogen) atoms. The number of halogens is 1. The van der Waals surface area contributed by atoms with Crippen LogP contribution in [0.25, 0.3) is 0 Å². The van der Waals surface area contributed by atoms with E-state index in [9.17, 15) is 18.0 Å². The van der Waals surface area contributed by atoms with E-state index < -0.39 is 10.0 Å². The molecule has 7 nitrogen and oxygen atoms in total. The van der Waals surface area contributed by atoms with Gasteiger partial charge in [-0.1, -0.05) is 25.4 Å². The second-order valence-electron chi connectivity index (χ2n) is 7.16. The fourth-order valence-electron chi connectivity index (χ4n) is 2.92. The number of nitrogens with one attached hydrogen (secondary N) is 1. The number of carbonyl (C=O) groups is 2. The Labute approximate surface area is 165 Å². The molecule has 2 rings (SSSR count). The third kappa shape index (κ3) is 5.00. The maximum absolute atomic E-state index is 12.6. The molecule has 1 aromatic carbocycles. The van der Waals surface area contributed by atoms with Gasteiger partial charge in [0.2, 0.25) is 15.9 Å². The molecule has 0 aromatic heterocycles. The molecule has 150 valence electrons. The largest absolute Gasteiger partial charge is 0.349 e. The summed E-state index contributed by atoms with van der Waals surface area (Å²) in [6.07, 6.45) is 1.33. The van der Waals surface area contributed by atoms with E-state index in [2.05, 4.69) is 5.32 Å². The second kappa shape index (κ2) is 8.58. The molecule has 1 aliphatic heterocycles. The van der Waals surface area contributed by atoms with Gasteiger partial charge in [-0.05, 0) is 31.0 Å². The number of piperidine rings is 1. The van der Waals surface area contributed by atoms with Gasteiger partial charge in [-0.25, -0.2) is 12.7 Å². The fourth-order valence-corrected chi connectivity index (χ4v) is 4.31. The highest BCUT2D eigenvalue weighted by molar-refractivity contribution is 7.89. The van der Waals surface area contributed by atoms with E-state index in [1.807, 2.05) is 18.7 Å². The first-order chi connectivity index (χ1) is 12.5. The third-order valence-corrected chi connectivity index (χ3v) is 6.88. The van der Waals surface area contributed by atoms with Gasteiger partial charge in [-0.15, -0.1) is 0 Å². The molecule has 9 heteroatoms. The molecular weight excluding hydrogens is 390 g/mol. The number of likely N-dealkylation sites (tertiary alicyclic amines) is 1. The lowest BCUT2D eigenvalue weighted by atomic mass is 10.0. The molecule has 1 fully saturated rings. The Morgan fingerprint density at radius 2 is 1.81 bits per heavy atom. The number of hydrogen-bond acceptors (Lipinski definition) is 4. The van der Waals surface area contributed by atoms with Gasteiger partial charge in [0, 0.05) is 44.7 Å². The zero-order valence-electron chi connectivity index (χ0n) is 16.0. The third-order valence-electron chi connectivity index (χ3n) is 4.59. The number of sulfonamides is 1. The van der Waals surface area contributed by atoms with Crippen LogP contribution < -0.4 is 5.32 Å². The molecule has 1 N–H and O–H groups in total. The second-order valence-corrected chi connectivity index (χ2v) is 9.69. The van der Waals surface area contributed by atoms with Crippen molar-refractivity contribution in [2.75, 3.05) is 27.2 Å². The van der Waals surface area contributed by atoms with Gasteiger partial charge >= 0.3 is 0 Å². The van der Waals surface area contributed by atoms with E-state index in [0.717, 1.165) is 4.31 Å². The van der Waals surface area contributed by atoms with Gasteiger partial charge in [0.1, 0.15) is 4.90 Å². The monoisotopic (exact) mass is 415 g/mol. The summed E-state index contributed by atoms with van der Waals surface area (Å²) in [5, 5.41) is 2.99. The standard InChI is InChI=1S/C18H26ClN3O4S/c1-12(2)18(24)22-9-7-14(8-10-22)20-17(23)13-5-6-15(19)16(11-13)27(25,26)21(3)4/h5-6,11-12,14H,7-10H2,1-4H3,(H,20,23). The number of amides is 2. The average Bonchev–Trinajstić information content (AvgIpc) is 2.61. The van der Waals surface area contributed by atoms with Gasteiger partial charge < -0.3 is 10.2 Å². The van der Waals surface area contributed by atoms with Crippen LogP contribution in [-0.4, -0.2) is 62.7 Å². The number of carbonyl (C=O) groups excluding carboxylic acids is 2. The van der Waals surface area contributed by atoms with Crippen molar-refractivity contribution in [2.45, 2.75) is 37.6 Å². The van der Waals surface area contributed by atoms with Gasteiger partial charge in [-0.2, -0.15) is 0 Å². The summed E-state index contributed by atoms with van der Waals surface area (Å²) < 4.78 is 25.7. The lowest BCUT2D eigenvalue weighted by Gasteiger charge is -2.33. The van der Waals surface area contributed by atoms with Crippen LogP contribution in [0, 0.1) is 5.92 Å². The normalized spacial score (nSPS) is 16.0. The average molecular weight is 416 g/mol. The lowest BCUT2D eigenvalue weighted by Crippen LogP contribution is -2.47. The van der Waals surface area contributed by atoms with Crippen LogP contribution in [0.1, 0.15) is 37.0 Å². The SMILES string of the molecule is CC(C)C(=O)N1CCC(NC(=O)c2ccc(Cl)c(S(=O)(=O)N(C)C)c2)CC1. The fraction of sp³-hybridized carbons (Fsp3) is 0.556. The van der Waals surface area contributed by atoms with Crippen LogP contribution in [-0.2, 0) is 14.8 Å². The van der Waals surface area contributed by atoms with Crippen molar-refractivity contribution < 1.29 is 18.0 Å². The van der Waals surface area contributed by atoms with Crippen molar-refractivity contribution in [1.29, 1.82) is 0 Å². The molecule has 2 amide bonds. The Kier molecular flexibility index (Phi) is 6.88. The van der Waals surface area contributed by atoms with Crippen molar-refractivity contribution in [3.63, 3.8) is 0 Å². The Bertz CT molecular complexity index is 816. The smallest absolute Gasteiger partial charge is 0.251 e. The summed E-state index contributed by atoms with van der Waals surface area (Å²) >= 11 is 6.02. The summed E-state index contributed by atoms with van der Waals surface area (Å²) in [5.74, 6) is -0.270. The Hall–Kier alpha value is -1.64. The highest BCUT2D eigenvalue weighted by atomic mass is 35.5. The molecule has 0 aliphatic carbocycles. The van der Waals surface area contributed by atoms with Crippen molar-refractivity contribution in [3.05, 3.63) is 28.8 Å². The molecule has 1 aliphatic rings. The van der Waals surface area contributed by atoms with Crippen LogP contribution >= 0.6 is 11.6 Å². The van der Waals surface area contributed by atoms with E-state index in [4.69, 9.17) is 11.6 Å². The van der Waals surface area contributed by atoms with E-state index in [1.165, 1.54) is 32.3 Å². The van der Waals surface area contributed by atoms with E-state index >= 15 is 0 Å². The van der Waals surface area contributed by atoms with Crippen LogP contribution in [0.5, 0.6) is 0 Å². The maximum atomic E-state index is 12.6. The molecule has 0 spiro atoms. The van der Waals surface area contributed by atoms with E-state index in [1.54, 1.807) is 0 Å². The first-order valence-corrected chi connectivity index (χ1v) is 10.7. The summed E-state index contributed by atoms with van der Waals surface area (Å²) in [6, 6.07) is 4.16. The Morgan fingerprint density at radius 3 is 2.33 bits per heavy atom. The predicted octanol–water partition coefficient (Wildman–Crippen LogP) is 1.97. The topological polar surface area (TPSA) is 86.8 Å². The van der Waals surface area contributed by atoms with E-state index in [0.29, 0.717) is 25.9 Å². The van der Waals surface area contributed by atoms with Crippen LogP contribution in [0.2, 0.25) is 5.02 Å². The van der Waals surface area contributed by atoms with Gasteiger partial charge in [-0.3, -0.25) is 9.59 Å². The number of rotatable bonds is 5. The highest BCUT2D eigenvalue weighted by Crippen LogP contribution is 2.25. The first kappa shape index (κ1) is 21.7. The van der Waals surface area contributed by atoms with Crippen molar-refractivity contribution >= 4 is 33.4 Å². The first-order valence-electron chi connectivity index (χ1n) is 8.85. The summed E-state index contributed by atoms with van der Waals surface area (Å²) in [7, 11) is -0.930. The summed E-state index contributed by atoms with van der Waals surface area (Å²) in [4.78, 5) is 26.3. The maximum Gasteiger partial charge on any atom is 0.251 e. The van der Waals surface area contributed by atoms with Crippen LogP contribution in [0.4, 0.5) is 0 Å². The van der Waals surface area contributed by atoms with Crippen molar-refractivity contribution in [3.8, 4) is 0 Å².